The molecule has 0 aromatic rings. The third-order valence-corrected chi connectivity index (χ3v) is 5.56. The monoisotopic (exact) mass is 222 g/mol. The summed E-state index contributed by atoms with van der Waals surface area (Å²) >= 11 is 0. The molecule has 2 nitrogen and oxygen atoms in total. The van der Waals surface area contributed by atoms with Crippen LogP contribution in [0.15, 0.2) is 0 Å². The van der Waals surface area contributed by atoms with E-state index >= 15 is 0 Å². The van der Waals surface area contributed by atoms with Gasteiger partial charge in [-0.25, -0.2) is 0 Å². The smallest absolute Gasteiger partial charge is 0.000783 e. The molecule has 1 unspecified atom stereocenters. The number of piperidine rings is 1. The van der Waals surface area contributed by atoms with Crippen molar-refractivity contribution in [1.29, 1.82) is 0 Å². The number of hydrogen-bond acceptors (Lipinski definition) is 2. The van der Waals surface area contributed by atoms with Gasteiger partial charge in [0, 0.05) is 6.54 Å². The van der Waals surface area contributed by atoms with Crippen LogP contribution >= 0.6 is 0 Å². The molecular formula is C14H26N2. The molecular weight excluding hydrogens is 196 g/mol. The van der Waals surface area contributed by atoms with Crippen LogP contribution in [-0.4, -0.2) is 26.2 Å². The normalized spacial score (nSPS) is 33.9. The fourth-order valence-corrected chi connectivity index (χ4v) is 3.60. The number of nitrogens with one attached hydrogen (secondary N) is 2. The van der Waals surface area contributed by atoms with E-state index in [-0.39, 0.29) is 0 Å². The van der Waals surface area contributed by atoms with Crippen molar-refractivity contribution in [3.05, 3.63) is 0 Å². The summed E-state index contributed by atoms with van der Waals surface area (Å²) in [5.41, 5.74) is 1.48. The first-order chi connectivity index (χ1) is 7.79. The summed E-state index contributed by atoms with van der Waals surface area (Å²) in [6, 6.07) is 0. The Morgan fingerprint density at radius 2 is 1.94 bits per heavy atom. The van der Waals surface area contributed by atoms with Gasteiger partial charge in [0.05, 0.1) is 0 Å². The van der Waals surface area contributed by atoms with Crippen molar-refractivity contribution in [1.82, 2.24) is 10.6 Å². The highest BCUT2D eigenvalue weighted by Gasteiger charge is 2.53. The van der Waals surface area contributed by atoms with Crippen molar-refractivity contribution in [2.45, 2.75) is 45.4 Å². The van der Waals surface area contributed by atoms with Crippen LogP contribution in [0.5, 0.6) is 0 Å². The van der Waals surface area contributed by atoms with Crippen LogP contribution < -0.4 is 10.6 Å². The molecule has 1 spiro atoms. The van der Waals surface area contributed by atoms with Crippen molar-refractivity contribution in [3.8, 4) is 0 Å². The van der Waals surface area contributed by atoms with Crippen molar-refractivity contribution >= 4 is 0 Å². The summed E-state index contributed by atoms with van der Waals surface area (Å²) in [6.07, 6.45) is 8.67. The Bertz CT molecular complexity index is 251. The van der Waals surface area contributed by atoms with Crippen LogP contribution in [0.1, 0.15) is 45.4 Å². The van der Waals surface area contributed by atoms with Crippen molar-refractivity contribution in [2.24, 2.45) is 16.7 Å². The van der Waals surface area contributed by atoms with Crippen LogP contribution in [0.3, 0.4) is 0 Å². The molecule has 1 heterocycles. The zero-order chi connectivity index (χ0) is 11.1. The van der Waals surface area contributed by atoms with E-state index in [2.05, 4.69) is 17.6 Å². The molecule has 1 saturated heterocycles. The Balaban J connectivity index is 1.38. The largest absolute Gasteiger partial charge is 0.317 e. The molecule has 0 radical (unpaired) electrons. The lowest BCUT2D eigenvalue weighted by Gasteiger charge is -2.24. The highest BCUT2D eigenvalue weighted by molar-refractivity contribution is 5.05. The van der Waals surface area contributed by atoms with E-state index in [0.29, 0.717) is 0 Å². The van der Waals surface area contributed by atoms with Gasteiger partial charge in [0.25, 0.3) is 0 Å². The van der Waals surface area contributed by atoms with E-state index in [1.54, 1.807) is 0 Å². The molecule has 0 aromatic heterocycles. The molecule has 2 heteroatoms. The molecule has 3 rings (SSSR count). The minimum atomic E-state index is 0.718. The fourth-order valence-electron chi connectivity index (χ4n) is 3.60. The van der Waals surface area contributed by atoms with Crippen molar-refractivity contribution < 1.29 is 0 Å². The first-order valence-electron chi connectivity index (χ1n) is 7.20. The number of rotatable bonds is 5. The summed E-state index contributed by atoms with van der Waals surface area (Å²) in [6.45, 7) is 7.45. The maximum Gasteiger partial charge on any atom is 0.000783 e. The van der Waals surface area contributed by atoms with Crippen LogP contribution in [0.25, 0.3) is 0 Å². The number of hydrogen-bond donors (Lipinski definition) is 2. The van der Waals surface area contributed by atoms with E-state index in [1.165, 1.54) is 64.7 Å². The summed E-state index contributed by atoms with van der Waals surface area (Å²) in [7, 11) is 0. The third-order valence-electron chi connectivity index (χ3n) is 5.56. The first kappa shape index (κ1) is 11.0. The van der Waals surface area contributed by atoms with Gasteiger partial charge >= 0.3 is 0 Å². The predicted octanol–water partition coefficient (Wildman–Crippen LogP) is 2.16. The lowest BCUT2D eigenvalue weighted by molar-refractivity contribution is 0.314. The summed E-state index contributed by atoms with van der Waals surface area (Å²) < 4.78 is 0. The van der Waals surface area contributed by atoms with Gasteiger partial charge < -0.3 is 10.6 Å². The predicted molar refractivity (Wildman–Crippen MR) is 67.5 cm³/mol. The minimum absolute atomic E-state index is 0.718. The van der Waals surface area contributed by atoms with E-state index in [9.17, 15) is 0 Å². The van der Waals surface area contributed by atoms with Crippen LogP contribution in [0, 0.1) is 16.7 Å². The highest BCUT2D eigenvalue weighted by atomic mass is 14.9. The van der Waals surface area contributed by atoms with E-state index < -0.39 is 0 Å². The molecule has 92 valence electrons. The molecule has 2 N–H and O–H groups in total. The van der Waals surface area contributed by atoms with E-state index in [1.807, 2.05) is 0 Å². The zero-order valence-corrected chi connectivity index (χ0v) is 10.6. The SMILES string of the molecule is CCC1(CNCC2CC23CCNCC3)CC1. The Kier molecular flexibility index (Phi) is 2.75. The Morgan fingerprint density at radius 1 is 1.19 bits per heavy atom. The molecule has 3 aliphatic rings. The van der Waals surface area contributed by atoms with Gasteiger partial charge in [-0.1, -0.05) is 6.92 Å². The van der Waals surface area contributed by atoms with Crippen LogP contribution in [-0.2, 0) is 0 Å². The van der Waals surface area contributed by atoms with Gasteiger partial charge in [0.1, 0.15) is 0 Å². The maximum absolute atomic E-state index is 3.75. The molecule has 1 aliphatic heterocycles. The molecule has 0 bridgehead atoms. The van der Waals surface area contributed by atoms with Gasteiger partial charge in [0.2, 0.25) is 0 Å². The molecule has 2 aliphatic carbocycles. The second-order valence-corrected chi connectivity index (χ2v) is 6.50. The molecule has 0 aromatic carbocycles. The van der Waals surface area contributed by atoms with Gasteiger partial charge in [-0.2, -0.15) is 0 Å². The van der Waals surface area contributed by atoms with Gasteiger partial charge in [-0.15, -0.1) is 0 Å². The van der Waals surface area contributed by atoms with Crippen LogP contribution in [0.4, 0.5) is 0 Å². The average Bonchev–Trinajstić information content (AvgIpc) is 3.21. The van der Waals surface area contributed by atoms with Crippen molar-refractivity contribution in [3.63, 3.8) is 0 Å². The lowest BCUT2D eigenvalue weighted by Crippen LogP contribution is -2.32. The van der Waals surface area contributed by atoms with Crippen LogP contribution in [0.2, 0.25) is 0 Å². The standard InChI is InChI=1S/C14H26N2/c1-2-13(3-4-13)11-16-10-12-9-14(12)5-7-15-8-6-14/h12,15-16H,2-11H2,1H3. The highest BCUT2D eigenvalue weighted by Crippen LogP contribution is 2.58. The summed E-state index contributed by atoms with van der Waals surface area (Å²) in [5, 5.41) is 7.23. The first-order valence-corrected chi connectivity index (χ1v) is 7.20. The second-order valence-electron chi connectivity index (χ2n) is 6.50. The van der Waals surface area contributed by atoms with Crippen molar-refractivity contribution in [2.75, 3.05) is 26.2 Å². The summed E-state index contributed by atoms with van der Waals surface area (Å²) in [4.78, 5) is 0. The van der Waals surface area contributed by atoms with Gasteiger partial charge in [0.15, 0.2) is 0 Å². The minimum Gasteiger partial charge on any atom is -0.317 e. The fraction of sp³-hybridized carbons (Fsp3) is 1.00. The third kappa shape index (κ3) is 2.02. The lowest BCUT2D eigenvalue weighted by atomic mass is 9.92. The van der Waals surface area contributed by atoms with Gasteiger partial charge in [-0.3, -0.25) is 0 Å². The second kappa shape index (κ2) is 3.99. The maximum atomic E-state index is 3.75. The molecule has 0 amide bonds. The molecule has 3 fully saturated rings. The zero-order valence-electron chi connectivity index (χ0n) is 10.6. The molecule has 2 saturated carbocycles. The van der Waals surface area contributed by atoms with E-state index in [0.717, 1.165) is 16.7 Å². The summed E-state index contributed by atoms with van der Waals surface area (Å²) in [5.74, 6) is 1.00. The average molecular weight is 222 g/mol. The quantitative estimate of drug-likeness (QED) is 0.745. The Hall–Kier alpha value is -0.0800. The Labute approximate surface area is 99.6 Å². The Morgan fingerprint density at radius 3 is 2.56 bits per heavy atom. The topological polar surface area (TPSA) is 24.1 Å². The van der Waals surface area contributed by atoms with Gasteiger partial charge in [-0.05, 0) is 74.9 Å². The van der Waals surface area contributed by atoms with E-state index in [4.69, 9.17) is 0 Å². The molecule has 1 atom stereocenters. The molecule has 16 heavy (non-hydrogen) atoms.